The van der Waals surface area contributed by atoms with Crippen LogP contribution in [0, 0.1) is 0 Å². The molecule has 1 unspecified atom stereocenters. The predicted molar refractivity (Wildman–Crippen MR) is 67.7 cm³/mol. The van der Waals surface area contributed by atoms with E-state index in [4.69, 9.17) is 20.3 Å². The van der Waals surface area contributed by atoms with E-state index < -0.39 is 12.0 Å². The molecule has 1 heterocycles. The number of carbonyl (C=O) groups excluding carboxylic acids is 1. The summed E-state index contributed by atoms with van der Waals surface area (Å²) in [6.07, 6.45) is 1.71. The van der Waals surface area contributed by atoms with E-state index in [0.717, 1.165) is 0 Å². The van der Waals surface area contributed by atoms with Crippen LogP contribution in [0.2, 0.25) is 0 Å². The fraction of sp³-hybridized carbons (Fsp3) is 0.833. The number of likely N-dealkylation sites (tertiary alicyclic amines) is 1. The molecule has 3 N–H and O–H groups in total. The van der Waals surface area contributed by atoms with E-state index in [0.29, 0.717) is 39.0 Å². The maximum Gasteiger partial charge on any atom is 0.329 e. The van der Waals surface area contributed by atoms with Crippen LogP contribution in [-0.4, -0.2) is 67.4 Å². The van der Waals surface area contributed by atoms with Gasteiger partial charge in [-0.1, -0.05) is 0 Å². The molecule has 7 nitrogen and oxygen atoms in total. The number of carboxylic acids is 1. The maximum atomic E-state index is 12.0. The summed E-state index contributed by atoms with van der Waals surface area (Å²) >= 11 is 0. The first kappa shape index (κ1) is 15.9. The summed E-state index contributed by atoms with van der Waals surface area (Å²) in [5, 5.41) is 8.52. The Morgan fingerprint density at radius 2 is 2.05 bits per heavy atom. The van der Waals surface area contributed by atoms with Gasteiger partial charge in [0.1, 0.15) is 6.61 Å². The van der Waals surface area contributed by atoms with Crippen LogP contribution in [0.5, 0.6) is 0 Å². The zero-order valence-corrected chi connectivity index (χ0v) is 11.2. The van der Waals surface area contributed by atoms with Crippen LogP contribution in [0.15, 0.2) is 0 Å². The van der Waals surface area contributed by atoms with Gasteiger partial charge in [-0.05, 0) is 19.3 Å². The molecule has 0 aromatic carbocycles. The second-order valence-electron chi connectivity index (χ2n) is 4.62. The van der Waals surface area contributed by atoms with Crippen molar-refractivity contribution in [3.05, 3.63) is 0 Å². The molecule has 0 aliphatic carbocycles. The molecular formula is C12H22N2O5. The molecular weight excluding hydrogens is 252 g/mol. The first-order valence-electron chi connectivity index (χ1n) is 6.41. The summed E-state index contributed by atoms with van der Waals surface area (Å²) in [6, 6.07) is -0.531. The topological polar surface area (TPSA) is 102 Å². The second kappa shape index (κ2) is 8.08. The fourth-order valence-corrected chi connectivity index (χ4v) is 2.03. The van der Waals surface area contributed by atoms with Gasteiger partial charge >= 0.3 is 5.97 Å². The van der Waals surface area contributed by atoms with Crippen LogP contribution >= 0.6 is 0 Å². The third-order valence-electron chi connectivity index (χ3n) is 3.15. The second-order valence-corrected chi connectivity index (χ2v) is 4.62. The molecule has 19 heavy (non-hydrogen) atoms. The lowest BCUT2D eigenvalue weighted by Crippen LogP contribution is -2.48. The number of nitrogens with zero attached hydrogens (tertiary/aromatic N) is 1. The molecule has 0 aromatic heterocycles. The molecule has 1 aliphatic rings. The van der Waals surface area contributed by atoms with E-state index >= 15 is 0 Å². The monoisotopic (exact) mass is 274 g/mol. The van der Waals surface area contributed by atoms with Crippen molar-refractivity contribution >= 4 is 11.9 Å². The van der Waals surface area contributed by atoms with Crippen molar-refractivity contribution in [2.75, 3.05) is 33.4 Å². The van der Waals surface area contributed by atoms with Crippen molar-refractivity contribution < 1.29 is 24.2 Å². The SMILES string of the molecule is COCCC(N)C(=O)N1CCC(OCC(=O)O)CC1. The summed E-state index contributed by atoms with van der Waals surface area (Å²) in [5.74, 6) is -1.05. The molecule has 1 amide bonds. The summed E-state index contributed by atoms with van der Waals surface area (Å²) in [5.41, 5.74) is 5.79. The van der Waals surface area contributed by atoms with Crippen LogP contribution in [-0.2, 0) is 19.1 Å². The number of nitrogens with two attached hydrogens (primary N) is 1. The van der Waals surface area contributed by atoms with Gasteiger partial charge in [0.15, 0.2) is 0 Å². The maximum absolute atomic E-state index is 12.0. The highest BCUT2D eigenvalue weighted by Crippen LogP contribution is 2.14. The van der Waals surface area contributed by atoms with Crippen molar-refractivity contribution in [1.82, 2.24) is 4.90 Å². The van der Waals surface area contributed by atoms with Gasteiger partial charge in [0.05, 0.1) is 12.1 Å². The molecule has 0 radical (unpaired) electrons. The molecule has 7 heteroatoms. The van der Waals surface area contributed by atoms with Crippen molar-refractivity contribution in [2.45, 2.75) is 31.4 Å². The Morgan fingerprint density at radius 1 is 1.42 bits per heavy atom. The van der Waals surface area contributed by atoms with Crippen molar-refractivity contribution in [2.24, 2.45) is 5.73 Å². The minimum absolute atomic E-state index is 0.0752. The third kappa shape index (κ3) is 5.54. The summed E-state index contributed by atoms with van der Waals surface area (Å²) in [4.78, 5) is 24.1. The van der Waals surface area contributed by atoms with Gasteiger partial charge in [0.2, 0.25) is 5.91 Å². The lowest BCUT2D eigenvalue weighted by Gasteiger charge is -2.33. The molecule has 0 saturated carbocycles. The first-order chi connectivity index (χ1) is 9.04. The molecule has 1 saturated heterocycles. The number of piperidine rings is 1. The van der Waals surface area contributed by atoms with Crippen LogP contribution in [0.4, 0.5) is 0 Å². The van der Waals surface area contributed by atoms with Crippen molar-refractivity contribution in [1.29, 1.82) is 0 Å². The van der Waals surface area contributed by atoms with Crippen LogP contribution in [0.1, 0.15) is 19.3 Å². The zero-order valence-electron chi connectivity index (χ0n) is 11.2. The number of rotatable bonds is 7. The molecule has 1 atom stereocenters. The zero-order chi connectivity index (χ0) is 14.3. The average Bonchev–Trinajstić information content (AvgIpc) is 2.42. The minimum atomic E-state index is -0.972. The van der Waals surface area contributed by atoms with E-state index in [2.05, 4.69) is 0 Å². The Labute approximate surface area is 112 Å². The van der Waals surface area contributed by atoms with E-state index in [1.54, 1.807) is 12.0 Å². The minimum Gasteiger partial charge on any atom is -0.480 e. The molecule has 1 rings (SSSR count). The standard InChI is InChI=1S/C12H22N2O5/c1-18-7-4-10(13)12(17)14-5-2-9(3-6-14)19-8-11(15)16/h9-10H,2-8,13H2,1H3,(H,15,16). The van der Waals surface area contributed by atoms with Gasteiger partial charge in [-0.15, -0.1) is 0 Å². The van der Waals surface area contributed by atoms with E-state index in [1.165, 1.54) is 0 Å². The summed E-state index contributed by atoms with van der Waals surface area (Å²) in [7, 11) is 1.57. The number of hydrogen-bond acceptors (Lipinski definition) is 5. The van der Waals surface area contributed by atoms with Gasteiger partial charge in [-0.2, -0.15) is 0 Å². The Kier molecular flexibility index (Phi) is 6.75. The van der Waals surface area contributed by atoms with Gasteiger partial charge in [0, 0.05) is 26.8 Å². The average molecular weight is 274 g/mol. The highest BCUT2D eigenvalue weighted by Gasteiger charge is 2.26. The Hall–Kier alpha value is -1.18. The smallest absolute Gasteiger partial charge is 0.329 e. The van der Waals surface area contributed by atoms with Gasteiger partial charge in [-0.3, -0.25) is 4.79 Å². The van der Waals surface area contributed by atoms with E-state index in [1.807, 2.05) is 0 Å². The predicted octanol–water partition coefficient (Wildman–Crippen LogP) is -0.558. The van der Waals surface area contributed by atoms with Crippen molar-refractivity contribution in [3.8, 4) is 0 Å². The number of carbonyl (C=O) groups is 2. The first-order valence-corrected chi connectivity index (χ1v) is 6.41. The van der Waals surface area contributed by atoms with Gasteiger partial charge < -0.3 is 25.2 Å². The highest BCUT2D eigenvalue weighted by atomic mass is 16.5. The van der Waals surface area contributed by atoms with Crippen LogP contribution < -0.4 is 5.73 Å². The molecule has 110 valence electrons. The number of aliphatic carboxylic acids is 1. The lowest BCUT2D eigenvalue weighted by molar-refractivity contribution is -0.147. The third-order valence-corrected chi connectivity index (χ3v) is 3.15. The molecule has 0 aromatic rings. The summed E-state index contributed by atoms with van der Waals surface area (Å²) in [6.45, 7) is 1.30. The fourth-order valence-electron chi connectivity index (χ4n) is 2.03. The quantitative estimate of drug-likeness (QED) is 0.645. The highest BCUT2D eigenvalue weighted by molar-refractivity contribution is 5.81. The van der Waals surface area contributed by atoms with E-state index in [9.17, 15) is 9.59 Å². The largest absolute Gasteiger partial charge is 0.480 e. The lowest BCUT2D eigenvalue weighted by atomic mass is 10.1. The van der Waals surface area contributed by atoms with Crippen LogP contribution in [0.3, 0.4) is 0 Å². The van der Waals surface area contributed by atoms with Crippen molar-refractivity contribution in [3.63, 3.8) is 0 Å². The Bertz CT molecular complexity index is 302. The molecule has 0 bridgehead atoms. The molecule has 1 fully saturated rings. The van der Waals surface area contributed by atoms with Gasteiger partial charge in [0.25, 0.3) is 0 Å². The number of hydrogen-bond donors (Lipinski definition) is 2. The summed E-state index contributed by atoms with van der Waals surface area (Å²) < 4.78 is 10.1. The van der Waals surface area contributed by atoms with Crippen LogP contribution in [0.25, 0.3) is 0 Å². The number of ether oxygens (including phenoxy) is 2. The number of amides is 1. The molecule has 1 aliphatic heterocycles. The van der Waals surface area contributed by atoms with E-state index in [-0.39, 0.29) is 18.6 Å². The molecule has 0 spiro atoms. The normalized spacial score (nSPS) is 18.3. The number of methoxy groups -OCH3 is 1. The van der Waals surface area contributed by atoms with Gasteiger partial charge in [-0.25, -0.2) is 4.79 Å². The Morgan fingerprint density at radius 3 is 2.58 bits per heavy atom. The number of carboxylic acid groups (broad SMARTS) is 1. The Balaban J connectivity index is 2.28.